The van der Waals surface area contributed by atoms with E-state index in [1.54, 1.807) is 17.1 Å². The fraction of sp³-hybridized carbons (Fsp3) is 0.154. The Bertz CT molecular complexity index is 614. The third kappa shape index (κ3) is 2.63. The van der Waals surface area contributed by atoms with Crippen molar-refractivity contribution in [3.8, 4) is 5.82 Å². The van der Waals surface area contributed by atoms with Crippen LogP contribution in [0.4, 0.5) is 0 Å². The van der Waals surface area contributed by atoms with E-state index in [2.05, 4.69) is 10.1 Å². The van der Waals surface area contributed by atoms with E-state index in [1.807, 2.05) is 26.1 Å². The lowest BCUT2D eigenvalue weighted by molar-refractivity contribution is -0.131. The lowest BCUT2D eigenvalue weighted by atomic mass is 10.2. The molecule has 2 aromatic rings. The molecule has 0 saturated heterocycles. The zero-order valence-electron chi connectivity index (χ0n) is 10.2. The minimum absolute atomic E-state index is 0.746. The Morgan fingerprint density at radius 2 is 2.17 bits per heavy atom. The van der Waals surface area contributed by atoms with Gasteiger partial charge in [0.15, 0.2) is 5.82 Å². The Balaban J connectivity index is 2.33. The van der Waals surface area contributed by atoms with E-state index >= 15 is 0 Å². The molecule has 0 bridgehead atoms. The van der Waals surface area contributed by atoms with E-state index in [0.29, 0.717) is 0 Å². The molecular formula is C13H13N3O2. The summed E-state index contributed by atoms with van der Waals surface area (Å²) >= 11 is 0. The highest BCUT2D eigenvalue weighted by molar-refractivity contribution is 5.85. The van der Waals surface area contributed by atoms with Crippen LogP contribution in [0.1, 0.15) is 16.7 Å². The molecular weight excluding hydrogens is 230 g/mol. The predicted molar refractivity (Wildman–Crippen MR) is 67.5 cm³/mol. The number of pyridine rings is 1. The Morgan fingerprint density at radius 3 is 2.72 bits per heavy atom. The molecule has 0 spiro atoms. The van der Waals surface area contributed by atoms with Crippen molar-refractivity contribution in [2.45, 2.75) is 13.8 Å². The van der Waals surface area contributed by atoms with Crippen molar-refractivity contribution in [3.05, 3.63) is 47.4 Å². The largest absolute Gasteiger partial charge is 0.478 e. The first-order chi connectivity index (χ1) is 8.56. The summed E-state index contributed by atoms with van der Waals surface area (Å²) in [6.07, 6.45) is 7.88. The van der Waals surface area contributed by atoms with Gasteiger partial charge in [0.1, 0.15) is 0 Å². The number of rotatable bonds is 3. The third-order valence-electron chi connectivity index (χ3n) is 2.42. The zero-order valence-corrected chi connectivity index (χ0v) is 10.2. The van der Waals surface area contributed by atoms with Crippen LogP contribution >= 0.6 is 0 Å². The van der Waals surface area contributed by atoms with Crippen molar-refractivity contribution in [2.75, 3.05) is 0 Å². The quantitative estimate of drug-likeness (QED) is 0.837. The number of nitrogens with zero attached hydrogens (tertiary/aromatic N) is 3. The highest BCUT2D eigenvalue weighted by Gasteiger charge is 2.04. The van der Waals surface area contributed by atoms with E-state index < -0.39 is 5.97 Å². The molecule has 0 radical (unpaired) electrons. The van der Waals surface area contributed by atoms with Crippen molar-refractivity contribution in [1.82, 2.24) is 14.8 Å². The highest BCUT2D eigenvalue weighted by Crippen LogP contribution is 2.13. The molecule has 0 atom stereocenters. The second-order valence-electron chi connectivity index (χ2n) is 4.04. The topological polar surface area (TPSA) is 68.0 Å². The summed E-state index contributed by atoms with van der Waals surface area (Å²) in [5.74, 6) is -0.227. The van der Waals surface area contributed by atoms with Gasteiger partial charge in [-0.1, -0.05) is 0 Å². The van der Waals surface area contributed by atoms with Crippen LogP contribution in [0.2, 0.25) is 0 Å². The molecule has 0 aliphatic carbocycles. The Morgan fingerprint density at radius 1 is 1.39 bits per heavy atom. The van der Waals surface area contributed by atoms with Gasteiger partial charge in [-0.25, -0.2) is 14.5 Å². The average molecular weight is 243 g/mol. The van der Waals surface area contributed by atoms with Crippen molar-refractivity contribution in [3.63, 3.8) is 0 Å². The van der Waals surface area contributed by atoms with Gasteiger partial charge in [0, 0.05) is 18.5 Å². The minimum atomic E-state index is -0.973. The number of hydrogen-bond acceptors (Lipinski definition) is 3. The Kier molecular flexibility index (Phi) is 3.23. The monoisotopic (exact) mass is 243 g/mol. The smallest absolute Gasteiger partial charge is 0.328 e. The van der Waals surface area contributed by atoms with Gasteiger partial charge in [0.2, 0.25) is 0 Å². The second-order valence-corrected chi connectivity index (χ2v) is 4.04. The van der Waals surface area contributed by atoms with Crippen molar-refractivity contribution in [2.24, 2.45) is 0 Å². The number of aliphatic carboxylic acids is 1. The van der Waals surface area contributed by atoms with Gasteiger partial charge in [-0.3, -0.25) is 0 Å². The molecule has 1 N–H and O–H groups in total. The highest BCUT2D eigenvalue weighted by atomic mass is 16.4. The first-order valence-corrected chi connectivity index (χ1v) is 5.45. The van der Waals surface area contributed by atoms with Gasteiger partial charge in [-0.15, -0.1) is 0 Å². The lowest BCUT2D eigenvalue weighted by Gasteiger charge is -2.05. The SMILES string of the molecule is Cc1cnn(-c2ncc(/C=C/C(=O)O)cc2C)c1. The fourth-order valence-corrected chi connectivity index (χ4v) is 1.62. The minimum Gasteiger partial charge on any atom is -0.478 e. The summed E-state index contributed by atoms with van der Waals surface area (Å²) in [4.78, 5) is 14.7. The summed E-state index contributed by atoms with van der Waals surface area (Å²) in [6.45, 7) is 3.88. The molecule has 0 aliphatic rings. The molecule has 92 valence electrons. The maximum absolute atomic E-state index is 10.4. The second kappa shape index (κ2) is 4.83. The molecule has 2 rings (SSSR count). The number of carbonyl (C=O) groups is 1. The first kappa shape index (κ1) is 12.0. The summed E-state index contributed by atoms with van der Waals surface area (Å²) in [7, 11) is 0. The molecule has 0 fully saturated rings. The molecule has 0 aromatic carbocycles. The van der Waals surface area contributed by atoms with E-state index in [0.717, 1.165) is 28.6 Å². The fourth-order valence-electron chi connectivity index (χ4n) is 1.62. The van der Waals surface area contributed by atoms with Gasteiger partial charge in [-0.05, 0) is 42.7 Å². The molecule has 2 heterocycles. The number of carboxylic acids is 1. The number of hydrogen-bond donors (Lipinski definition) is 1. The molecule has 2 aromatic heterocycles. The van der Waals surface area contributed by atoms with Crippen LogP contribution in [-0.2, 0) is 4.79 Å². The Hall–Kier alpha value is -2.43. The van der Waals surface area contributed by atoms with Crippen LogP contribution in [-0.4, -0.2) is 25.8 Å². The molecule has 5 heteroatoms. The lowest BCUT2D eigenvalue weighted by Crippen LogP contribution is -2.01. The van der Waals surface area contributed by atoms with Crippen LogP contribution < -0.4 is 0 Å². The zero-order chi connectivity index (χ0) is 13.1. The summed E-state index contributed by atoms with van der Waals surface area (Å²) in [5, 5.41) is 12.8. The molecule has 18 heavy (non-hydrogen) atoms. The van der Waals surface area contributed by atoms with Gasteiger partial charge in [0.05, 0.1) is 6.20 Å². The van der Waals surface area contributed by atoms with Crippen molar-refractivity contribution >= 4 is 12.0 Å². The van der Waals surface area contributed by atoms with Crippen molar-refractivity contribution < 1.29 is 9.90 Å². The van der Waals surface area contributed by atoms with Gasteiger partial charge in [0.25, 0.3) is 0 Å². The normalized spacial score (nSPS) is 11.0. The van der Waals surface area contributed by atoms with Gasteiger partial charge in [-0.2, -0.15) is 5.10 Å². The van der Waals surface area contributed by atoms with Crippen LogP contribution in [0.25, 0.3) is 11.9 Å². The van der Waals surface area contributed by atoms with Crippen LogP contribution in [0.5, 0.6) is 0 Å². The van der Waals surface area contributed by atoms with Crippen LogP contribution in [0.15, 0.2) is 30.7 Å². The van der Waals surface area contributed by atoms with Gasteiger partial charge >= 0.3 is 5.97 Å². The summed E-state index contributed by atoms with van der Waals surface area (Å²) in [5.41, 5.74) is 2.75. The van der Waals surface area contributed by atoms with Crippen LogP contribution in [0, 0.1) is 13.8 Å². The first-order valence-electron chi connectivity index (χ1n) is 5.45. The number of aryl methyl sites for hydroxylation is 2. The van der Waals surface area contributed by atoms with Gasteiger partial charge < -0.3 is 5.11 Å². The predicted octanol–water partition coefficient (Wildman–Crippen LogP) is 1.98. The maximum atomic E-state index is 10.4. The number of carboxylic acid groups (broad SMARTS) is 1. The van der Waals surface area contributed by atoms with Crippen molar-refractivity contribution in [1.29, 1.82) is 0 Å². The van der Waals surface area contributed by atoms with E-state index in [9.17, 15) is 4.79 Å². The number of aromatic nitrogens is 3. The third-order valence-corrected chi connectivity index (χ3v) is 2.42. The average Bonchev–Trinajstić information content (AvgIpc) is 2.73. The Labute approximate surface area is 104 Å². The molecule has 5 nitrogen and oxygen atoms in total. The van der Waals surface area contributed by atoms with E-state index in [-0.39, 0.29) is 0 Å². The maximum Gasteiger partial charge on any atom is 0.328 e. The molecule has 0 saturated carbocycles. The summed E-state index contributed by atoms with van der Waals surface area (Å²) < 4.78 is 1.70. The van der Waals surface area contributed by atoms with E-state index in [4.69, 9.17) is 5.11 Å². The molecule has 0 aliphatic heterocycles. The standard InChI is InChI=1S/C13H13N3O2/c1-9-6-15-16(8-9)13-10(2)5-11(7-14-13)3-4-12(17)18/h3-8H,1-2H3,(H,17,18)/b4-3+. The molecule has 0 amide bonds. The van der Waals surface area contributed by atoms with Crippen LogP contribution in [0.3, 0.4) is 0 Å². The van der Waals surface area contributed by atoms with E-state index in [1.165, 1.54) is 6.08 Å². The summed E-state index contributed by atoms with van der Waals surface area (Å²) in [6, 6.07) is 1.87. The molecule has 0 unspecified atom stereocenters.